The van der Waals surface area contributed by atoms with Gasteiger partial charge in [0.2, 0.25) is 0 Å². The van der Waals surface area contributed by atoms with Crippen molar-refractivity contribution in [3.05, 3.63) is 11.4 Å². The number of rotatable bonds is 3. The Bertz CT molecular complexity index is 80.5. The summed E-state index contributed by atoms with van der Waals surface area (Å²) >= 11 is 1.41. The van der Waals surface area contributed by atoms with E-state index in [0.717, 1.165) is 0 Å². The van der Waals surface area contributed by atoms with Crippen LogP contribution in [0, 0.1) is 0 Å². The summed E-state index contributed by atoms with van der Waals surface area (Å²) in [6.45, 7) is 2.34. The van der Waals surface area contributed by atoms with E-state index < -0.39 is 0 Å². The summed E-state index contributed by atoms with van der Waals surface area (Å²) < 4.78 is 4.68. The summed E-state index contributed by atoms with van der Waals surface area (Å²) in [6, 6.07) is 0. The van der Waals surface area contributed by atoms with E-state index in [4.69, 9.17) is 5.11 Å². The topological polar surface area (TPSA) is 29.5 Å². The Labute approximate surface area is 53.5 Å². The molecule has 0 aliphatic carbocycles. The van der Waals surface area contributed by atoms with E-state index in [1.165, 1.54) is 11.8 Å². The second kappa shape index (κ2) is 4.84. The highest BCUT2D eigenvalue weighted by Crippen LogP contribution is 1.99. The zero-order valence-electron chi connectivity index (χ0n) is 5.05. The van der Waals surface area contributed by atoms with Gasteiger partial charge in [0.1, 0.15) is 0 Å². The molecule has 0 amide bonds. The molecular formula is C5H10O2S. The molecule has 0 aromatic heterocycles. The van der Waals surface area contributed by atoms with E-state index in [0.29, 0.717) is 6.61 Å². The van der Waals surface area contributed by atoms with Crippen LogP contribution in [0.2, 0.25) is 0 Å². The third-order valence-corrected chi connectivity index (χ3v) is 0.948. The van der Waals surface area contributed by atoms with Crippen LogP contribution in [0.15, 0.2) is 11.4 Å². The fourth-order valence-electron chi connectivity index (χ4n) is 0.283. The van der Waals surface area contributed by atoms with Gasteiger partial charge in [-0.1, -0.05) is 0 Å². The Balaban J connectivity index is 3.29. The van der Waals surface area contributed by atoms with Crippen LogP contribution in [0.3, 0.4) is 0 Å². The van der Waals surface area contributed by atoms with Crippen LogP contribution in [-0.2, 0) is 4.74 Å². The molecule has 0 fully saturated rings. The molecule has 0 heterocycles. The van der Waals surface area contributed by atoms with Crippen LogP contribution in [0.1, 0.15) is 6.92 Å². The summed E-state index contributed by atoms with van der Waals surface area (Å²) in [5, 5.41) is 10.2. The molecule has 3 heteroatoms. The molecule has 0 unspecified atom stereocenters. The molecule has 0 aliphatic rings. The van der Waals surface area contributed by atoms with Crippen molar-refractivity contribution in [1.82, 2.24) is 0 Å². The minimum Gasteiger partial charge on any atom is -0.481 e. The normalized spacial score (nSPS) is 11.5. The van der Waals surface area contributed by atoms with E-state index in [1.807, 2.05) is 13.2 Å². The first kappa shape index (κ1) is 7.69. The molecular weight excluding hydrogens is 124 g/mol. The summed E-state index contributed by atoms with van der Waals surface area (Å²) in [5.74, 6) is 0.000000000000000222. The Morgan fingerprint density at radius 1 is 1.88 bits per heavy atom. The maximum Gasteiger partial charge on any atom is 0.283 e. The number of hydrogen-bond donors (Lipinski definition) is 1. The number of ether oxygens (including phenoxy) is 1. The van der Waals surface area contributed by atoms with Crippen molar-refractivity contribution in [2.45, 2.75) is 6.92 Å². The molecule has 2 nitrogen and oxygen atoms in total. The zero-order valence-corrected chi connectivity index (χ0v) is 5.86. The lowest BCUT2D eigenvalue weighted by Gasteiger charge is -1.96. The van der Waals surface area contributed by atoms with Crippen molar-refractivity contribution in [3.63, 3.8) is 0 Å². The highest BCUT2D eigenvalue weighted by atomic mass is 32.2. The van der Waals surface area contributed by atoms with E-state index in [2.05, 4.69) is 4.74 Å². The van der Waals surface area contributed by atoms with Crippen LogP contribution in [0.4, 0.5) is 0 Å². The van der Waals surface area contributed by atoms with Gasteiger partial charge < -0.3 is 9.84 Å². The number of aliphatic hydroxyl groups excluding tert-OH is 1. The Morgan fingerprint density at radius 2 is 2.50 bits per heavy atom. The van der Waals surface area contributed by atoms with Crippen molar-refractivity contribution in [1.29, 1.82) is 0 Å². The van der Waals surface area contributed by atoms with Gasteiger partial charge in [-0.05, 0) is 13.2 Å². The highest BCUT2D eigenvalue weighted by molar-refractivity contribution is 8.01. The van der Waals surface area contributed by atoms with Gasteiger partial charge in [-0.15, -0.1) is 11.8 Å². The molecule has 1 N–H and O–H groups in total. The van der Waals surface area contributed by atoms with Gasteiger partial charge in [0.25, 0.3) is 5.95 Å². The van der Waals surface area contributed by atoms with Gasteiger partial charge in [0.15, 0.2) is 0 Å². The molecule has 0 spiro atoms. The number of aliphatic hydroxyl groups is 1. The van der Waals surface area contributed by atoms with Gasteiger partial charge >= 0.3 is 0 Å². The van der Waals surface area contributed by atoms with Crippen molar-refractivity contribution in [3.8, 4) is 0 Å². The van der Waals surface area contributed by atoms with E-state index in [9.17, 15) is 0 Å². The Kier molecular flexibility index (Phi) is 4.65. The summed E-state index contributed by atoms with van der Waals surface area (Å²) in [5.41, 5.74) is 0. The molecule has 0 aromatic carbocycles. The van der Waals surface area contributed by atoms with Gasteiger partial charge in [0.05, 0.1) is 12.0 Å². The zero-order chi connectivity index (χ0) is 6.41. The largest absolute Gasteiger partial charge is 0.481 e. The lowest BCUT2D eigenvalue weighted by Crippen LogP contribution is -1.87. The van der Waals surface area contributed by atoms with Gasteiger partial charge in [-0.2, -0.15) is 0 Å². The summed E-state index contributed by atoms with van der Waals surface area (Å²) in [6.07, 6.45) is 1.86. The minimum atomic E-state index is 0.000000000000000222. The average Bonchev–Trinajstić information content (AvgIpc) is 1.68. The molecule has 0 saturated heterocycles. The van der Waals surface area contributed by atoms with E-state index in [1.54, 1.807) is 5.41 Å². The monoisotopic (exact) mass is 134 g/mol. The van der Waals surface area contributed by atoms with Crippen LogP contribution >= 0.6 is 11.8 Å². The second-order valence-electron chi connectivity index (χ2n) is 1.12. The average molecular weight is 134 g/mol. The second-order valence-corrected chi connectivity index (χ2v) is 1.83. The van der Waals surface area contributed by atoms with Gasteiger partial charge in [-0.3, -0.25) is 0 Å². The lowest BCUT2D eigenvalue weighted by atomic mass is 10.8. The number of thioether (sulfide) groups is 1. The lowest BCUT2D eigenvalue weighted by molar-refractivity contribution is 0.104. The molecule has 0 atom stereocenters. The Morgan fingerprint density at radius 3 is 2.88 bits per heavy atom. The molecule has 0 aromatic rings. The fourth-order valence-corrected chi connectivity index (χ4v) is 0.552. The number of hydrogen-bond acceptors (Lipinski definition) is 3. The van der Waals surface area contributed by atoms with Crippen LogP contribution in [0.5, 0.6) is 0 Å². The summed E-state index contributed by atoms with van der Waals surface area (Å²) in [7, 11) is 0. The predicted octanol–water partition coefficient (Wildman–Crippen LogP) is 1.74. The molecule has 8 heavy (non-hydrogen) atoms. The minimum absolute atomic E-state index is 0.000000000000000222. The summed E-state index contributed by atoms with van der Waals surface area (Å²) in [4.78, 5) is 0. The molecule has 0 bridgehead atoms. The van der Waals surface area contributed by atoms with Crippen LogP contribution in [0.25, 0.3) is 0 Å². The van der Waals surface area contributed by atoms with Crippen molar-refractivity contribution in [2.75, 3.05) is 12.9 Å². The first-order valence-corrected chi connectivity index (χ1v) is 3.64. The SMILES string of the molecule is CCO/C(O)=C/SC. The van der Waals surface area contributed by atoms with Crippen LogP contribution in [-0.4, -0.2) is 18.0 Å². The molecule has 48 valence electrons. The smallest absolute Gasteiger partial charge is 0.283 e. The maximum absolute atomic E-state index is 8.67. The molecule has 0 rings (SSSR count). The van der Waals surface area contributed by atoms with E-state index >= 15 is 0 Å². The first-order chi connectivity index (χ1) is 3.81. The third kappa shape index (κ3) is 3.87. The quantitative estimate of drug-likeness (QED) is 0.596. The molecule has 0 saturated carbocycles. The van der Waals surface area contributed by atoms with Crippen molar-refractivity contribution in [2.24, 2.45) is 0 Å². The first-order valence-electron chi connectivity index (χ1n) is 2.36. The Hall–Kier alpha value is -0.310. The van der Waals surface area contributed by atoms with Gasteiger partial charge in [0, 0.05) is 0 Å². The standard InChI is InChI=1S/C5H10O2S/c1-3-7-5(6)4-8-2/h4,6H,3H2,1-2H3/b5-4+. The fraction of sp³-hybridized carbons (Fsp3) is 0.600. The highest BCUT2D eigenvalue weighted by Gasteiger charge is 1.85. The van der Waals surface area contributed by atoms with Gasteiger partial charge in [-0.25, -0.2) is 0 Å². The van der Waals surface area contributed by atoms with Crippen LogP contribution < -0.4 is 0 Å². The maximum atomic E-state index is 8.67. The predicted molar refractivity (Wildman–Crippen MR) is 35.9 cm³/mol. The third-order valence-electron chi connectivity index (χ3n) is 0.511. The molecule has 0 radical (unpaired) electrons. The van der Waals surface area contributed by atoms with Crippen molar-refractivity contribution >= 4 is 11.8 Å². The van der Waals surface area contributed by atoms with Crippen molar-refractivity contribution < 1.29 is 9.84 Å². The molecule has 0 aliphatic heterocycles. The van der Waals surface area contributed by atoms with E-state index in [-0.39, 0.29) is 5.95 Å².